The molecule has 0 aliphatic rings. The van der Waals surface area contributed by atoms with Crippen LogP contribution in [-0.2, 0) is 13.0 Å². The Morgan fingerprint density at radius 3 is 2.90 bits per heavy atom. The van der Waals surface area contributed by atoms with Crippen LogP contribution in [0.1, 0.15) is 35.5 Å². The van der Waals surface area contributed by atoms with Gasteiger partial charge in [-0.1, -0.05) is 36.7 Å². The van der Waals surface area contributed by atoms with Crippen LogP contribution in [0.2, 0.25) is 5.02 Å². The third-order valence-corrected chi connectivity index (χ3v) is 5.35. The highest BCUT2D eigenvalue weighted by molar-refractivity contribution is 7.11. The Hall–Kier alpha value is -1.36. The molecule has 5 heteroatoms. The third kappa shape index (κ3) is 2.98. The van der Waals surface area contributed by atoms with Crippen LogP contribution in [0.15, 0.2) is 30.5 Å². The first kappa shape index (κ1) is 14.6. The summed E-state index contributed by atoms with van der Waals surface area (Å²) in [4.78, 5) is 9.17. The van der Waals surface area contributed by atoms with Crippen molar-refractivity contribution in [1.82, 2.24) is 15.3 Å². The maximum atomic E-state index is 6.43. The van der Waals surface area contributed by atoms with Gasteiger partial charge in [0.2, 0.25) is 0 Å². The number of H-pyrrole nitrogens is 1. The highest BCUT2D eigenvalue weighted by Crippen LogP contribution is 2.28. The van der Waals surface area contributed by atoms with E-state index in [0.29, 0.717) is 6.54 Å². The molecule has 2 heterocycles. The molecule has 3 aromatic rings. The summed E-state index contributed by atoms with van der Waals surface area (Å²) in [5, 5.41) is 6.49. The molecule has 1 unspecified atom stereocenters. The molecule has 110 valence electrons. The van der Waals surface area contributed by atoms with E-state index in [-0.39, 0.29) is 6.04 Å². The molecule has 2 N–H and O–H groups in total. The number of aryl methyl sites for hydroxylation is 1. The molecule has 0 saturated carbocycles. The second-order valence-corrected chi connectivity index (χ2v) is 6.61. The molecule has 0 amide bonds. The van der Waals surface area contributed by atoms with Crippen molar-refractivity contribution >= 4 is 33.8 Å². The molecule has 0 bridgehead atoms. The second kappa shape index (κ2) is 6.18. The van der Waals surface area contributed by atoms with Crippen LogP contribution in [0.3, 0.4) is 0 Å². The fourth-order valence-corrected chi connectivity index (χ4v) is 3.48. The standard InChI is InChI=1S/C16H18ClN3S/c1-3-11-8-19-16(21-11)10(2)18-9-14-15(17)12-6-4-5-7-13(12)20-14/h4-8,10,18,20H,3,9H2,1-2H3. The van der Waals surface area contributed by atoms with Gasteiger partial charge >= 0.3 is 0 Å². The zero-order valence-corrected chi connectivity index (χ0v) is 13.7. The molecular weight excluding hydrogens is 302 g/mol. The lowest BCUT2D eigenvalue weighted by molar-refractivity contribution is 0.567. The van der Waals surface area contributed by atoms with Gasteiger partial charge in [0.15, 0.2) is 0 Å². The van der Waals surface area contributed by atoms with Gasteiger partial charge in [-0.25, -0.2) is 4.98 Å². The lowest BCUT2D eigenvalue weighted by atomic mass is 10.2. The van der Waals surface area contributed by atoms with Crippen molar-refractivity contribution in [2.75, 3.05) is 0 Å². The van der Waals surface area contributed by atoms with Crippen LogP contribution in [0.25, 0.3) is 10.9 Å². The van der Waals surface area contributed by atoms with Crippen molar-refractivity contribution in [2.45, 2.75) is 32.9 Å². The predicted molar refractivity (Wildman–Crippen MR) is 90.1 cm³/mol. The summed E-state index contributed by atoms with van der Waals surface area (Å²) < 4.78 is 0. The molecule has 1 aromatic carbocycles. The number of nitrogens with one attached hydrogen (secondary N) is 2. The molecule has 2 aromatic heterocycles. The van der Waals surface area contributed by atoms with Gasteiger partial charge in [-0.2, -0.15) is 0 Å². The largest absolute Gasteiger partial charge is 0.356 e. The van der Waals surface area contributed by atoms with Gasteiger partial charge in [0, 0.05) is 34.2 Å². The number of thiazole rings is 1. The average molecular weight is 320 g/mol. The zero-order chi connectivity index (χ0) is 14.8. The first-order valence-electron chi connectivity index (χ1n) is 7.12. The van der Waals surface area contributed by atoms with E-state index >= 15 is 0 Å². The molecule has 0 spiro atoms. The van der Waals surface area contributed by atoms with Crippen LogP contribution in [0.4, 0.5) is 0 Å². The van der Waals surface area contributed by atoms with Crippen molar-refractivity contribution in [1.29, 1.82) is 0 Å². The molecular formula is C16H18ClN3S. The van der Waals surface area contributed by atoms with E-state index in [9.17, 15) is 0 Å². The highest BCUT2D eigenvalue weighted by Gasteiger charge is 2.13. The van der Waals surface area contributed by atoms with Gasteiger partial charge in [-0.15, -0.1) is 11.3 Å². The number of para-hydroxylation sites is 1. The lowest BCUT2D eigenvalue weighted by Gasteiger charge is -2.10. The predicted octanol–water partition coefficient (Wildman–Crippen LogP) is 4.69. The number of hydrogen-bond acceptors (Lipinski definition) is 3. The Morgan fingerprint density at radius 2 is 2.19 bits per heavy atom. The van der Waals surface area contributed by atoms with E-state index in [2.05, 4.69) is 29.1 Å². The molecule has 21 heavy (non-hydrogen) atoms. The highest BCUT2D eigenvalue weighted by atomic mass is 35.5. The Labute approximate surface area is 133 Å². The van der Waals surface area contributed by atoms with E-state index in [0.717, 1.165) is 33.0 Å². The van der Waals surface area contributed by atoms with Crippen molar-refractivity contribution in [3.63, 3.8) is 0 Å². The maximum Gasteiger partial charge on any atom is 0.109 e. The molecule has 1 atom stereocenters. The van der Waals surface area contributed by atoms with Crippen LogP contribution < -0.4 is 5.32 Å². The first-order chi connectivity index (χ1) is 10.2. The molecule has 0 saturated heterocycles. The Morgan fingerprint density at radius 1 is 1.38 bits per heavy atom. The van der Waals surface area contributed by atoms with Gasteiger partial charge in [0.25, 0.3) is 0 Å². The number of nitrogens with zero attached hydrogens (tertiary/aromatic N) is 1. The van der Waals surface area contributed by atoms with Gasteiger partial charge in [-0.05, 0) is 19.4 Å². The number of fused-ring (bicyclic) bond motifs is 1. The van der Waals surface area contributed by atoms with E-state index in [4.69, 9.17) is 11.6 Å². The molecule has 0 aliphatic heterocycles. The molecule has 0 radical (unpaired) electrons. The van der Waals surface area contributed by atoms with Gasteiger partial charge in [0.05, 0.1) is 11.1 Å². The Balaban J connectivity index is 1.72. The maximum absolute atomic E-state index is 6.43. The molecule has 3 nitrogen and oxygen atoms in total. The summed E-state index contributed by atoms with van der Waals surface area (Å²) in [6.07, 6.45) is 3.01. The molecule has 0 aliphatic carbocycles. The number of benzene rings is 1. The number of aromatic nitrogens is 2. The van der Waals surface area contributed by atoms with Crippen molar-refractivity contribution in [2.24, 2.45) is 0 Å². The van der Waals surface area contributed by atoms with Crippen LogP contribution in [0.5, 0.6) is 0 Å². The normalized spacial score (nSPS) is 12.9. The van der Waals surface area contributed by atoms with Crippen LogP contribution >= 0.6 is 22.9 Å². The Kier molecular flexibility index (Phi) is 4.29. The Bertz CT molecular complexity index is 747. The number of rotatable bonds is 5. The van der Waals surface area contributed by atoms with E-state index in [1.807, 2.05) is 30.5 Å². The summed E-state index contributed by atoms with van der Waals surface area (Å²) >= 11 is 8.20. The summed E-state index contributed by atoms with van der Waals surface area (Å²) in [5.74, 6) is 0. The first-order valence-corrected chi connectivity index (χ1v) is 8.31. The minimum absolute atomic E-state index is 0.220. The molecule has 3 rings (SSSR count). The van der Waals surface area contributed by atoms with Crippen molar-refractivity contribution in [3.8, 4) is 0 Å². The van der Waals surface area contributed by atoms with Gasteiger partial charge < -0.3 is 10.3 Å². The number of halogens is 1. The summed E-state index contributed by atoms with van der Waals surface area (Å²) in [6, 6.07) is 8.32. The fraction of sp³-hybridized carbons (Fsp3) is 0.312. The summed E-state index contributed by atoms with van der Waals surface area (Å²) in [6.45, 7) is 4.99. The molecule has 0 fully saturated rings. The van der Waals surface area contributed by atoms with Crippen LogP contribution in [0, 0.1) is 0 Å². The zero-order valence-electron chi connectivity index (χ0n) is 12.1. The number of aromatic amines is 1. The fourth-order valence-electron chi connectivity index (χ4n) is 2.31. The van der Waals surface area contributed by atoms with E-state index in [1.54, 1.807) is 11.3 Å². The van der Waals surface area contributed by atoms with Crippen LogP contribution in [-0.4, -0.2) is 9.97 Å². The third-order valence-electron chi connectivity index (χ3n) is 3.59. The summed E-state index contributed by atoms with van der Waals surface area (Å²) in [5.41, 5.74) is 2.10. The SMILES string of the molecule is CCc1cnc(C(C)NCc2[nH]c3ccccc3c2Cl)s1. The monoisotopic (exact) mass is 319 g/mol. The quantitative estimate of drug-likeness (QED) is 0.716. The minimum atomic E-state index is 0.220. The average Bonchev–Trinajstić information content (AvgIpc) is 3.10. The van der Waals surface area contributed by atoms with Gasteiger partial charge in [-0.3, -0.25) is 0 Å². The second-order valence-electron chi connectivity index (χ2n) is 5.08. The van der Waals surface area contributed by atoms with E-state index in [1.165, 1.54) is 4.88 Å². The van der Waals surface area contributed by atoms with E-state index < -0.39 is 0 Å². The van der Waals surface area contributed by atoms with Crippen molar-refractivity contribution < 1.29 is 0 Å². The lowest BCUT2D eigenvalue weighted by Crippen LogP contribution is -2.18. The topological polar surface area (TPSA) is 40.7 Å². The summed E-state index contributed by atoms with van der Waals surface area (Å²) in [7, 11) is 0. The smallest absolute Gasteiger partial charge is 0.109 e. The number of hydrogen-bond donors (Lipinski definition) is 2. The van der Waals surface area contributed by atoms with Crippen molar-refractivity contribution in [3.05, 3.63) is 51.1 Å². The van der Waals surface area contributed by atoms with Gasteiger partial charge in [0.1, 0.15) is 5.01 Å². The minimum Gasteiger partial charge on any atom is -0.356 e.